The van der Waals surface area contributed by atoms with Crippen molar-refractivity contribution in [2.45, 2.75) is 0 Å². The molecule has 2 nitrogen and oxygen atoms in total. The summed E-state index contributed by atoms with van der Waals surface area (Å²) in [4.78, 5) is 12.9. The highest BCUT2D eigenvalue weighted by atomic mass is 16.4. The molecule has 45 heavy (non-hydrogen) atoms. The second-order valence-corrected chi connectivity index (χ2v) is 11.6. The van der Waals surface area contributed by atoms with Gasteiger partial charge in [-0.3, -0.25) is 0 Å². The molecule has 210 valence electrons. The molecule has 0 aliphatic rings. The largest absolute Gasteiger partial charge is 0.422 e. The van der Waals surface area contributed by atoms with Gasteiger partial charge >= 0.3 is 5.63 Å². The van der Waals surface area contributed by atoms with Gasteiger partial charge < -0.3 is 4.42 Å². The Bertz CT molecular complexity index is 2600. The quantitative estimate of drug-likeness (QED) is 0.119. The number of para-hydroxylation sites is 1. The summed E-state index contributed by atoms with van der Waals surface area (Å²) in [5.74, 6) is 0. The van der Waals surface area contributed by atoms with Crippen molar-refractivity contribution in [1.29, 1.82) is 0 Å². The van der Waals surface area contributed by atoms with Crippen LogP contribution in [-0.4, -0.2) is 0 Å². The highest BCUT2D eigenvalue weighted by molar-refractivity contribution is 6.21. The zero-order chi connectivity index (χ0) is 29.9. The molecule has 0 saturated heterocycles. The Morgan fingerprint density at radius 1 is 0.333 bits per heavy atom. The minimum absolute atomic E-state index is 0.313. The number of rotatable bonds is 3. The van der Waals surface area contributed by atoms with Crippen molar-refractivity contribution >= 4 is 54.1 Å². The molecule has 1 heterocycles. The molecule has 0 aliphatic carbocycles. The Hall–Kier alpha value is -5.99. The fraction of sp³-hybridized carbons (Fsp3) is 0. The first-order valence-corrected chi connectivity index (χ1v) is 15.2. The van der Waals surface area contributed by atoms with Crippen molar-refractivity contribution in [2.75, 3.05) is 0 Å². The Labute approximate surface area is 259 Å². The molecule has 0 N–H and O–H groups in total. The summed E-state index contributed by atoms with van der Waals surface area (Å²) in [6, 6.07) is 55.3. The first-order valence-electron chi connectivity index (χ1n) is 15.2. The zero-order valence-corrected chi connectivity index (χ0v) is 24.3. The van der Waals surface area contributed by atoms with Crippen molar-refractivity contribution in [3.63, 3.8) is 0 Å². The third-order valence-corrected chi connectivity index (χ3v) is 9.10. The van der Waals surface area contributed by atoms with Crippen LogP contribution in [0.4, 0.5) is 0 Å². The lowest BCUT2D eigenvalue weighted by Crippen LogP contribution is -1.99. The predicted molar refractivity (Wildman–Crippen MR) is 189 cm³/mol. The van der Waals surface area contributed by atoms with Crippen LogP contribution in [0.25, 0.3) is 87.4 Å². The number of hydrogen-bond acceptors (Lipinski definition) is 2. The highest BCUT2D eigenvalue weighted by Crippen LogP contribution is 2.44. The maximum absolute atomic E-state index is 12.9. The maximum atomic E-state index is 12.9. The summed E-state index contributed by atoms with van der Waals surface area (Å²) in [6.07, 6.45) is 0. The van der Waals surface area contributed by atoms with Crippen LogP contribution in [0.2, 0.25) is 0 Å². The molecule has 9 rings (SSSR count). The third kappa shape index (κ3) is 4.07. The van der Waals surface area contributed by atoms with Crippen LogP contribution in [0.15, 0.2) is 167 Å². The van der Waals surface area contributed by atoms with Crippen LogP contribution >= 0.6 is 0 Å². The zero-order valence-electron chi connectivity index (χ0n) is 24.3. The van der Waals surface area contributed by atoms with Crippen LogP contribution in [0, 0.1) is 0 Å². The average Bonchev–Trinajstić information content (AvgIpc) is 3.10. The minimum atomic E-state index is -0.313. The van der Waals surface area contributed by atoms with E-state index in [0.717, 1.165) is 27.5 Å². The van der Waals surface area contributed by atoms with Gasteiger partial charge in [-0.1, -0.05) is 140 Å². The van der Waals surface area contributed by atoms with E-state index in [1.807, 2.05) is 36.4 Å². The third-order valence-electron chi connectivity index (χ3n) is 9.10. The fourth-order valence-electron chi connectivity index (χ4n) is 6.99. The van der Waals surface area contributed by atoms with Crippen LogP contribution in [0.1, 0.15) is 0 Å². The SMILES string of the molecule is O=c1oc2ccccc2c2ccc(-c3ccc(-c4c5ccccc5c(-c5ccc6ccccc6c5)c5ccccc45)cc3)cc12. The van der Waals surface area contributed by atoms with E-state index < -0.39 is 0 Å². The van der Waals surface area contributed by atoms with Crippen molar-refractivity contribution in [3.8, 4) is 33.4 Å². The van der Waals surface area contributed by atoms with E-state index in [9.17, 15) is 4.79 Å². The van der Waals surface area contributed by atoms with E-state index in [1.54, 1.807) is 0 Å². The highest BCUT2D eigenvalue weighted by Gasteiger charge is 2.17. The molecule has 0 unspecified atom stereocenters. The molecule has 0 amide bonds. The summed E-state index contributed by atoms with van der Waals surface area (Å²) in [6.45, 7) is 0. The van der Waals surface area contributed by atoms with E-state index in [2.05, 4.69) is 121 Å². The van der Waals surface area contributed by atoms with Gasteiger partial charge in [-0.05, 0) is 89.3 Å². The molecule has 0 saturated carbocycles. The normalized spacial score (nSPS) is 11.6. The van der Waals surface area contributed by atoms with Crippen LogP contribution in [-0.2, 0) is 0 Å². The molecule has 0 spiro atoms. The van der Waals surface area contributed by atoms with Gasteiger partial charge in [0.2, 0.25) is 0 Å². The topological polar surface area (TPSA) is 30.2 Å². The fourth-order valence-corrected chi connectivity index (χ4v) is 6.99. The Morgan fingerprint density at radius 2 is 0.844 bits per heavy atom. The summed E-state index contributed by atoms with van der Waals surface area (Å²) in [5.41, 5.74) is 7.19. The molecule has 0 radical (unpaired) electrons. The predicted octanol–water partition coefficient (Wildman–Crippen LogP) is 11.4. The first-order chi connectivity index (χ1) is 22.2. The monoisotopic (exact) mass is 574 g/mol. The van der Waals surface area contributed by atoms with Crippen LogP contribution in [0.3, 0.4) is 0 Å². The molecule has 8 aromatic carbocycles. The van der Waals surface area contributed by atoms with Gasteiger partial charge in [-0.25, -0.2) is 4.79 Å². The number of hydrogen-bond donors (Lipinski definition) is 0. The first kappa shape index (κ1) is 25.5. The van der Waals surface area contributed by atoms with Gasteiger partial charge in [0.1, 0.15) is 5.58 Å². The second-order valence-electron chi connectivity index (χ2n) is 11.6. The second kappa shape index (κ2) is 10.0. The van der Waals surface area contributed by atoms with Crippen molar-refractivity contribution < 1.29 is 4.42 Å². The van der Waals surface area contributed by atoms with Crippen LogP contribution in [0.5, 0.6) is 0 Å². The van der Waals surface area contributed by atoms with Gasteiger partial charge in [0.05, 0.1) is 5.39 Å². The molecule has 0 fully saturated rings. The van der Waals surface area contributed by atoms with Gasteiger partial charge in [0.25, 0.3) is 0 Å². The van der Waals surface area contributed by atoms with Gasteiger partial charge in [-0.15, -0.1) is 0 Å². The lowest BCUT2D eigenvalue weighted by Gasteiger charge is -2.18. The van der Waals surface area contributed by atoms with Crippen LogP contribution < -0.4 is 5.63 Å². The molecule has 0 bridgehead atoms. The Morgan fingerprint density at radius 3 is 1.53 bits per heavy atom. The van der Waals surface area contributed by atoms with Gasteiger partial charge in [0, 0.05) is 5.39 Å². The Kier molecular flexibility index (Phi) is 5.69. The van der Waals surface area contributed by atoms with E-state index in [4.69, 9.17) is 4.42 Å². The standard InChI is InChI=1S/C43H26O2/c44-43-39-26-31(23-24-33(39)34-11-7-8-16-40(34)45-43)28-17-20-29(21-18-28)41-35-12-3-5-14-37(35)42(38-15-6-4-13-36(38)41)32-22-19-27-9-1-2-10-30(27)25-32/h1-26H. The van der Waals surface area contributed by atoms with Crippen molar-refractivity contribution in [2.24, 2.45) is 0 Å². The van der Waals surface area contributed by atoms with E-state index in [1.165, 1.54) is 49.0 Å². The van der Waals surface area contributed by atoms with Crippen molar-refractivity contribution in [1.82, 2.24) is 0 Å². The van der Waals surface area contributed by atoms with Gasteiger partial charge in [-0.2, -0.15) is 0 Å². The van der Waals surface area contributed by atoms with Crippen molar-refractivity contribution in [3.05, 3.63) is 168 Å². The molecule has 2 heteroatoms. The molecule has 0 atom stereocenters. The average molecular weight is 575 g/mol. The molecule has 0 aliphatic heterocycles. The molecular weight excluding hydrogens is 548 g/mol. The summed E-state index contributed by atoms with van der Waals surface area (Å²) in [7, 11) is 0. The molecular formula is C43H26O2. The smallest absolute Gasteiger partial charge is 0.344 e. The van der Waals surface area contributed by atoms with E-state index >= 15 is 0 Å². The number of fused-ring (bicyclic) bond motifs is 6. The maximum Gasteiger partial charge on any atom is 0.344 e. The summed E-state index contributed by atoms with van der Waals surface area (Å²) < 4.78 is 5.63. The lowest BCUT2D eigenvalue weighted by atomic mass is 9.85. The lowest BCUT2D eigenvalue weighted by molar-refractivity contribution is 0.569. The van der Waals surface area contributed by atoms with E-state index in [0.29, 0.717) is 11.0 Å². The summed E-state index contributed by atoms with van der Waals surface area (Å²) >= 11 is 0. The van der Waals surface area contributed by atoms with Gasteiger partial charge in [0.15, 0.2) is 0 Å². The molecule has 1 aromatic heterocycles. The Balaban J connectivity index is 1.21. The number of benzene rings is 8. The van der Waals surface area contributed by atoms with E-state index in [-0.39, 0.29) is 5.63 Å². The molecule has 9 aromatic rings. The minimum Gasteiger partial charge on any atom is -0.422 e. The summed E-state index contributed by atoms with van der Waals surface area (Å²) in [5, 5.41) is 9.85.